The minimum absolute atomic E-state index is 0.249. The van der Waals surface area contributed by atoms with Gasteiger partial charge in [0.15, 0.2) is 0 Å². The number of rotatable bonds is 4. The van der Waals surface area contributed by atoms with Gasteiger partial charge in [0.2, 0.25) is 0 Å². The van der Waals surface area contributed by atoms with Crippen LogP contribution in [0.4, 0.5) is 8.78 Å². The number of alkyl halides is 1. The second-order valence-corrected chi connectivity index (χ2v) is 6.75. The van der Waals surface area contributed by atoms with Gasteiger partial charge in [0.05, 0.1) is 0 Å². The zero-order chi connectivity index (χ0) is 17.6. The van der Waals surface area contributed by atoms with E-state index in [4.69, 9.17) is 11.6 Å². The third-order valence-corrected chi connectivity index (χ3v) is 4.87. The van der Waals surface area contributed by atoms with Gasteiger partial charge in [-0.25, -0.2) is 8.78 Å². The number of hydrogen-bond acceptors (Lipinski definition) is 1. The standard InChI is InChI=1S/C21H22ClF2N/c22-12-15-25-13-1-2-16(11-14-25)21(17-3-7-19(23)8-4-17)18-5-9-20(24)10-6-18/h3-10H,1-2,11-15H2. The summed E-state index contributed by atoms with van der Waals surface area (Å²) in [4.78, 5) is 2.38. The van der Waals surface area contributed by atoms with Crippen molar-refractivity contribution in [3.05, 3.63) is 76.9 Å². The first kappa shape index (κ1) is 18.1. The number of likely N-dealkylation sites (tertiary alicyclic amines) is 1. The minimum atomic E-state index is -0.249. The van der Waals surface area contributed by atoms with Crippen LogP contribution < -0.4 is 0 Å². The van der Waals surface area contributed by atoms with Crippen molar-refractivity contribution in [2.45, 2.75) is 19.3 Å². The highest BCUT2D eigenvalue weighted by Crippen LogP contribution is 2.32. The summed E-state index contributed by atoms with van der Waals surface area (Å²) < 4.78 is 26.7. The smallest absolute Gasteiger partial charge is 0.123 e. The fourth-order valence-electron chi connectivity index (χ4n) is 3.45. The predicted molar refractivity (Wildman–Crippen MR) is 99.8 cm³/mol. The van der Waals surface area contributed by atoms with E-state index in [1.54, 1.807) is 0 Å². The molecule has 1 saturated heterocycles. The van der Waals surface area contributed by atoms with Crippen LogP contribution in [0.25, 0.3) is 5.57 Å². The highest BCUT2D eigenvalue weighted by Gasteiger charge is 2.17. The van der Waals surface area contributed by atoms with Gasteiger partial charge < -0.3 is 4.90 Å². The molecule has 0 unspecified atom stereocenters. The molecule has 0 saturated carbocycles. The van der Waals surface area contributed by atoms with Gasteiger partial charge in [0, 0.05) is 19.0 Å². The van der Waals surface area contributed by atoms with Crippen LogP contribution in [0.5, 0.6) is 0 Å². The average molecular weight is 362 g/mol. The molecule has 25 heavy (non-hydrogen) atoms. The Labute approximate surface area is 152 Å². The van der Waals surface area contributed by atoms with E-state index in [2.05, 4.69) is 4.90 Å². The Balaban J connectivity index is 2.00. The van der Waals surface area contributed by atoms with Crippen LogP contribution in [0.2, 0.25) is 0 Å². The molecule has 0 bridgehead atoms. The van der Waals surface area contributed by atoms with Crippen molar-refractivity contribution in [2.24, 2.45) is 0 Å². The highest BCUT2D eigenvalue weighted by molar-refractivity contribution is 6.18. The molecule has 132 valence electrons. The van der Waals surface area contributed by atoms with Crippen LogP contribution in [0.1, 0.15) is 30.4 Å². The number of benzene rings is 2. The monoisotopic (exact) mass is 361 g/mol. The molecule has 0 spiro atoms. The second-order valence-electron chi connectivity index (χ2n) is 6.38. The summed E-state index contributed by atoms with van der Waals surface area (Å²) in [6, 6.07) is 13.2. The van der Waals surface area contributed by atoms with Crippen LogP contribution in [0.15, 0.2) is 54.1 Å². The summed E-state index contributed by atoms with van der Waals surface area (Å²) >= 11 is 5.88. The van der Waals surface area contributed by atoms with Crippen LogP contribution >= 0.6 is 11.6 Å². The second kappa shape index (κ2) is 8.59. The van der Waals surface area contributed by atoms with E-state index in [-0.39, 0.29) is 11.6 Å². The van der Waals surface area contributed by atoms with Crippen LogP contribution in [-0.2, 0) is 0 Å². The highest BCUT2D eigenvalue weighted by atomic mass is 35.5. The van der Waals surface area contributed by atoms with E-state index in [1.807, 2.05) is 24.3 Å². The molecule has 0 aliphatic carbocycles. The fraction of sp³-hybridized carbons (Fsp3) is 0.333. The van der Waals surface area contributed by atoms with Crippen molar-refractivity contribution < 1.29 is 8.78 Å². The maximum atomic E-state index is 13.4. The van der Waals surface area contributed by atoms with Gasteiger partial charge in [0.1, 0.15) is 11.6 Å². The van der Waals surface area contributed by atoms with Gasteiger partial charge in [-0.05, 0) is 66.8 Å². The van der Waals surface area contributed by atoms with Crippen molar-refractivity contribution >= 4 is 17.2 Å². The number of hydrogen-bond donors (Lipinski definition) is 0. The van der Waals surface area contributed by atoms with Gasteiger partial charge in [0.25, 0.3) is 0 Å². The topological polar surface area (TPSA) is 3.24 Å². The molecule has 1 aliphatic rings. The zero-order valence-corrected chi connectivity index (χ0v) is 14.9. The first-order chi connectivity index (χ1) is 12.2. The average Bonchev–Trinajstić information content (AvgIpc) is 2.85. The van der Waals surface area contributed by atoms with E-state index in [0.29, 0.717) is 5.88 Å². The van der Waals surface area contributed by atoms with E-state index < -0.39 is 0 Å². The van der Waals surface area contributed by atoms with Crippen molar-refractivity contribution in [3.8, 4) is 0 Å². The van der Waals surface area contributed by atoms with E-state index in [1.165, 1.54) is 29.8 Å². The Morgan fingerprint density at radius 3 is 1.92 bits per heavy atom. The Morgan fingerprint density at radius 1 is 0.840 bits per heavy atom. The molecule has 0 atom stereocenters. The quantitative estimate of drug-likeness (QED) is 0.651. The van der Waals surface area contributed by atoms with E-state index >= 15 is 0 Å². The first-order valence-corrected chi connectivity index (χ1v) is 9.23. The minimum Gasteiger partial charge on any atom is -0.302 e. The normalized spacial score (nSPS) is 15.9. The Hall–Kier alpha value is -1.71. The predicted octanol–water partition coefficient (Wildman–Crippen LogP) is 5.49. The lowest BCUT2D eigenvalue weighted by Gasteiger charge is -2.18. The molecular formula is C21H22ClF2N. The number of nitrogens with zero attached hydrogens (tertiary/aromatic N) is 1. The molecule has 3 rings (SSSR count). The van der Waals surface area contributed by atoms with E-state index in [0.717, 1.165) is 55.6 Å². The summed E-state index contributed by atoms with van der Waals surface area (Å²) in [6.07, 6.45) is 3.00. The summed E-state index contributed by atoms with van der Waals surface area (Å²) in [6.45, 7) is 2.90. The molecule has 1 fully saturated rings. The Bertz CT molecular complexity index is 675. The first-order valence-electron chi connectivity index (χ1n) is 8.69. The van der Waals surface area contributed by atoms with Gasteiger partial charge in [-0.15, -0.1) is 11.6 Å². The maximum absolute atomic E-state index is 13.4. The van der Waals surface area contributed by atoms with Gasteiger partial charge >= 0.3 is 0 Å². The maximum Gasteiger partial charge on any atom is 0.123 e. The van der Waals surface area contributed by atoms with Crippen LogP contribution in [0.3, 0.4) is 0 Å². The molecule has 0 radical (unpaired) electrons. The third kappa shape index (κ3) is 4.68. The molecule has 1 nitrogen and oxygen atoms in total. The lowest BCUT2D eigenvalue weighted by Crippen LogP contribution is -2.26. The van der Waals surface area contributed by atoms with Crippen molar-refractivity contribution in [1.29, 1.82) is 0 Å². The molecular weight excluding hydrogens is 340 g/mol. The Kier molecular flexibility index (Phi) is 6.22. The zero-order valence-electron chi connectivity index (χ0n) is 14.1. The van der Waals surface area contributed by atoms with Gasteiger partial charge in [-0.2, -0.15) is 0 Å². The third-order valence-electron chi connectivity index (χ3n) is 4.70. The van der Waals surface area contributed by atoms with Crippen LogP contribution in [-0.4, -0.2) is 30.4 Å². The van der Waals surface area contributed by atoms with Crippen molar-refractivity contribution in [2.75, 3.05) is 25.5 Å². The Morgan fingerprint density at radius 2 is 1.40 bits per heavy atom. The van der Waals surface area contributed by atoms with Crippen molar-refractivity contribution in [1.82, 2.24) is 4.90 Å². The fourth-order valence-corrected chi connectivity index (χ4v) is 3.69. The van der Waals surface area contributed by atoms with Crippen molar-refractivity contribution in [3.63, 3.8) is 0 Å². The summed E-state index contributed by atoms with van der Waals surface area (Å²) in [7, 11) is 0. The summed E-state index contributed by atoms with van der Waals surface area (Å²) in [5.74, 6) is 0.143. The molecule has 1 aliphatic heterocycles. The number of halogens is 3. The van der Waals surface area contributed by atoms with Crippen LogP contribution in [0, 0.1) is 11.6 Å². The summed E-state index contributed by atoms with van der Waals surface area (Å²) in [5.41, 5.74) is 4.41. The molecule has 4 heteroatoms. The lowest BCUT2D eigenvalue weighted by molar-refractivity contribution is 0.304. The van der Waals surface area contributed by atoms with Gasteiger partial charge in [-0.3, -0.25) is 0 Å². The van der Waals surface area contributed by atoms with E-state index in [9.17, 15) is 8.78 Å². The molecule has 0 aromatic heterocycles. The molecule has 0 amide bonds. The van der Waals surface area contributed by atoms with Gasteiger partial charge in [-0.1, -0.05) is 29.8 Å². The molecule has 1 heterocycles. The molecule has 2 aromatic rings. The molecule has 0 N–H and O–H groups in total. The molecule has 2 aromatic carbocycles. The SMILES string of the molecule is Fc1ccc(C(=C2CCCN(CCCl)CC2)c2ccc(F)cc2)cc1. The largest absolute Gasteiger partial charge is 0.302 e. The summed E-state index contributed by atoms with van der Waals surface area (Å²) in [5, 5.41) is 0. The lowest BCUT2D eigenvalue weighted by atomic mass is 9.90.